The zero-order valence-corrected chi connectivity index (χ0v) is 12.6. The molecule has 3 rings (SSSR count). The van der Waals surface area contributed by atoms with E-state index in [0.29, 0.717) is 23.9 Å². The number of aromatic nitrogens is 1. The third-order valence-corrected chi connectivity index (χ3v) is 3.92. The van der Waals surface area contributed by atoms with E-state index in [4.69, 9.17) is 22.1 Å². The molecule has 1 aromatic heterocycles. The van der Waals surface area contributed by atoms with Gasteiger partial charge in [0.1, 0.15) is 12.4 Å². The first-order valence-corrected chi connectivity index (χ1v) is 7.21. The Morgan fingerprint density at radius 1 is 1.10 bits per heavy atom. The van der Waals surface area contributed by atoms with E-state index in [1.54, 1.807) is 0 Å². The molecule has 0 atom stereocenters. The highest BCUT2D eigenvalue weighted by atomic mass is 35.5. The lowest BCUT2D eigenvalue weighted by Gasteiger charge is -2.07. The first-order chi connectivity index (χ1) is 10.2. The molecule has 0 aliphatic rings. The number of nitrogens with zero attached hydrogens (tertiary/aromatic N) is 1. The number of nitrogens with two attached hydrogens (primary N) is 1. The Morgan fingerprint density at radius 3 is 2.67 bits per heavy atom. The van der Waals surface area contributed by atoms with Crippen LogP contribution < -0.4 is 10.5 Å². The first kappa shape index (κ1) is 14.0. The predicted molar refractivity (Wildman–Crippen MR) is 86.6 cm³/mol. The summed E-state index contributed by atoms with van der Waals surface area (Å²) in [4.78, 5) is 0. The molecule has 4 heteroatoms. The van der Waals surface area contributed by atoms with E-state index in [9.17, 15) is 0 Å². The number of aryl methyl sites for hydroxylation is 1. The van der Waals surface area contributed by atoms with Crippen LogP contribution in [0.15, 0.2) is 48.7 Å². The molecule has 0 bridgehead atoms. The summed E-state index contributed by atoms with van der Waals surface area (Å²) >= 11 is 6.11. The Hall–Kier alpha value is -1.97. The Morgan fingerprint density at radius 2 is 1.90 bits per heavy atom. The fraction of sp³-hybridized carbons (Fsp3) is 0.176. The van der Waals surface area contributed by atoms with Gasteiger partial charge in [-0.2, -0.15) is 0 Å². The van der Waals surface area contributed by atoms with Crippen LogP contribution in [0.25, 0.3) is 10.9 Å². The monoisotopic (exact) mass is 300 g/mol. The van der Waals surface area contributed by atoms with Gasteiger partial charge in [0, 0.05) is 30.7 Å². The lowest BCUT2D eigenvalue weighted by molar-refractivity contribution is 0.307. The summed E-state index contributed by atoms with van der Waals surface area (Å²) in [5.41, 5.74) is 9.25. The van der Waals surface area contributed by atoms with E-state index in [2.05, 4.69) is 22.9 Å². The summed E-state index contributed by atoms with van der Waals surface area (Å²) in [7, 11) is 2.03. The molecule has 0 aliphatic carbocycles. The van der Waals surface area contributed by atoms with Crippen LogP contribution in [0.3, 0.4) is 0 Å². The number of rotatable bonds is 4. The zero-order valence-electron chi connectivity index (χ0n) is 11.8. The van der Waals surface area contributed by atoms with Crippen LogP contribution in [0, 0.1) is 0 Å². The van der Waals surface area contributed by atoms with Crippen LogP contribution in [0.5, 0.6) is 5.75 Å². The van der Waals surface area contributed by atoms with Crippen molar-refractivity contribution in [3.05, 3.63) is 64.8 Å². The minimum Gasteiger partial charge on any atom is -0.487 e. The highest BCUT2D eigenvalue weighted by Crippen LogP contribution is 2.27. The van der Waals surface area contributed by atoms with E-state index >= 15 is 0 Å². The molecule has 0 fully saturated rings. The van der Waals surface area contributed by atoms with Gasteiger partial charge in [-0.15, -0.1) is 0 Å². The van der Waals surface area contributed by atoms with Gasteiger partial charge in [0.2, 0.25) is 0 Å². The second-order valence-electron chi connectivity index (χ2n) is 5.00. The van der Waals surface area contributed by atoms with Gasteiger partial charge in [0.15, 0.2) is 0 Å². The highest BCUT2D eigenvalue weighted by Gasteiger charge is 2.10. The molecule has 0 saturated heterocycles. The normalized spacial score (nSPS) is 11.0. The van der Waals surface area contributed by atoms with Crippen LogP contribution in [-0.2, 0) is 20.2 Å². The molecule has 21 heavy (non-hydrogen) atoms. The van der Waals surface area contributed by atoms with Crippen LogP contribution in [0.2, 0.25) is 5.02 Å². The van der Waals surface area contributed by atoms with E-state index < -0.39 is 0 Å². The standard InChI is InChI=1S/C17H17ClN2O/c1-20-10-13(11-21-16-8-3-2-7-15(16)18)14-6-4-5-12(9-19)17(14)20/h2-8,10H,9,11,19H2,1H3. The van der Waals surface area contributed by atoms with Crippen molar-refractivity contribution >= 4 is 22.5 Å². The predicted octanol–water partition coefficient (Wildman–Crippen LogP) is 3.87. The number of hydrogen-bond donors (Lipinski definition) is 1. The fourth-order valence-electron chi connectivity index (χ4n) is 2.63. The van der Waals surface area contributed by atoms with Gasteiger partial charge >= 0.3 is 0 Å². The Labute approximate surface area is 128 Å². The number of hydrogen-bond acceptors (Lipinski definition) is 2. The van der Waals surface area contributed by atoms with E-state index in [0.717, 1.165) is 16.6 Å². The third-order valence-electron chi connectivity index (χ3n) is 3.61. The van der Waals surface area contributed by atoms with E-state index in [1.807, 2.05) is 37.4 Å². The van der Waals surface area contributed by atoms with Crippen molar-refractivity contribution in [3.63, 3.8) is 0 Å². The van der Waals surface area contributed by atoms with Crippen molar-refractivity contribution in [2.24, 2.45) is 12.8 Å². The number of ether oxygens (including phenoxy) is 1. The minimum atomic E-state index is 0.481. The Balaban J connectivity index is 1.93. The van der Waals surface area contributed by atoms with Gasteiger partial charge in [-0.3, -0.25) is 0 Å². The Kier molecular flexibility index (Phi) is 3.86. The molecule has 2 N–H and O–H groups in total. The summed E-state index contributed by atoms with van der Waals surface area (Å²) in [6.45, 7) is 1.01. The minimum absolute atomic E-state index is 0.481. The van der Waals surface area contributed by atoms with Crippen molar-refractivity contribution in [1.29, 1.82) is 0 Å². The van der Waals surface area contributed by atoms with Crippen molar-refractivity contribution in [3.8, 4) is 5.75 Å². The maximum atomic E-state index is 6.11. The quantitative estimate of drug-likeness (QED) is 0.794. The summed E-state index contributed by atoms with van der Waals surface area (Å²) in [5.74, 6) is 0.700. The summed E-state index contributed by atoms with van der Waals surface area (Å²) in [6.07, 6.45) is 2.08. The first-order valence-electron chi connectivity index (χ1n) is 6.84. The number of fused-ring (bicyclic) bond motifs is 1. The fourth-order valence-corrected chi connectivity index (χ4v) is 2.82. The van der Waals surface area contributed by atoms with Crippen molar-refractivity contribution in [2.75, 3.05) is 0 Å². The lowest BCUT2D eigenvalue weighted by Crippen LogP contribution is -1.99. The number of halogens is 1. The van der Waals surface area contributed by atoms with Crippen LogP contribution >= 0.6 is 11.6 Å². The van der Waals surface area contributed by atoms with Gasteiger partial charge in [-0.05, 0) is 17.7 Å². The van der Waals surface area contributed by atoms with Gasteiger partial charge in [-0.25, -0.2) is 0 Å². The maximum Gasteiger partial charge on any atom is 0.138 e. The van der Waals surface area contributed by atoms with Crippen LogP contribution in [0.1, 0.15) is 11.1 Å². The van der Waals surface area contributed by atoms with Crippen LogP contribution in [-0.4, -0.2) is 4.57 Å². The van der Waals surface area contributed by atoms with Crippen LogP contribution in [0.4, 0.5) is 0 Å². The summed E-state index contributed by atoms with van der Waals surface area (Å²) < 4.78 is 7.94. The van der Waals surface area contributed by atoms with Gasteiger partial charge in [0.25, 0.3) is 0 Å². The summed E-state index contributed by atoms with van der Waals surface area (Å²) in [6, 6.07) is 13.7. The smallest absolute Gasteiger partial charge is 0.138 e. The highest BCUT2D eigenvalue weighted by molar-refractivity contribution is 6.32. The van der Waals surface area contributed by atoms with Gasteiger partial charge < -0.3 is 15.0 Å². The molecule has 1 heterocycles. The second kappa shape index (κ2) is 5.80. The molecule has 0 saturated carbocycles. The average molecular weight is 301 g/mol. The molecule has 3 nitrogen and oxygen atoms in total. The van der Waals surface area contributed by atoms with Crippen molar-refractivity contribution in [2.45, 2.75) is 13.2 Å². The molecular weight excluding hydrogens is 284 g/mol. The lowest BCUT2D eigenvalue weighted by atomic mass is 10.1. The van der Waals surface area contributed by atoms with E-state index in [-0.39, 0.29) is 0 Å². The number of para-hydroxylation sites is 2. The van der Waals surface area contributed by atoms with Gasteiger partial charge in [-0.1, -0.05) is 41.9 Å². The van der Waals surface area contributed by atoms with Gasteiger partial charge in [0.05, 0.1) is 10.5 Å². The second-order valence-corrected chi connectivity index (χ2v) is 5.41. The molecule has 0 spiro atoms. The molecule has 0 radical (unpaired) electrons. The number of benzene rings is 2. The SMILES string of the molecule is Cn1cc(COc2ccccc2Cl)c2cccc(CN)c21. The largest absolute Gasteiger partial charge is 0.487 e. The third kappa shape index (κ3) is 2.62. The summed E-state index contributed by atoms with van der Waals surface area (Å²) in [5, 5.41) is 1.80. The zero-order chi connectivity index (χ0) is 14.8. The molecule has 0 amide bonds. The Bertz CT molecular complexity index is 780. The van der Waals surface area contributed by atoms with E-state index in [1.165, 1.54) is 5.39 Å². The molecule has 2 aromatic carbocycles. The van der Waals surface area contributed by atoms with Crippen molar-refractivity contribution in [1.82, 2.24) is 4.57 Å². The molecule has 0 aliphatic heterocycles. The average Bonchev–Trinajstić information content (AvgIpc) is 2.83. The topological polar surface area (TPSA) is 40.2 Å². The van der Waals surface area contributed by atoms with Crippen molar-refractivity contribution < 1.29 is 4.74 Å². The maximum absolute atomic E-state index is 6.11. The molecule has 108 valence electrons. The molecule has 0 unspecified atom stereocenters. The molecule has 3 aromatic rings. The molecular formula is C17H17ClN2O.